The van der Waals surface area contributed by atoms with E-state index in [1.807, 2.05) is 24.3 Å². The Morgan fingerprint density at radius 2 is 1.84 bits per heavy atom. The van der Waals surface area contributed by atoms with Gasteiger partial charge in [0.15, 0.2) is 5.78 Å². The smallest absolute Gasteiger partial charge is 0.339 e. The molecule has 1 spiro atoms. The molecule has 0 bridgehead atoms. The molecule has 0 saturated heterocycles. The van der Waals surface area contributed by atoms with Crippen molar-refractivity contribution < 1.29 is 19.1 Å². The first-order valence-electron chi connectivity index (χ1n) is 10.2. The molecule has 1 amide bonds. The number of nitrogens with one attached hydrogen (secondary N) is 1. The van der Waals surface area contributed by atoms with Crippen LogP contribution in [0.1, 0.15) is 24.8 Å². The van der Waals surface area contributed by atoms with Gasteiger partial charge in [-0.25, -0.2) is 4.79 Å². The molecule has 1 unspecified atom stereocenters. The van der Waals surface area contributed by atoms with Gasteiger partial charge in [-0.3, -0.25) is 14.5 Å². The number of methoxy groups -OCH3 is 1. The first-order chi connectivity index (χ1) is 15.4. The summed E-state index contributed by atoms with van der Waals surface area (Å²) in [6.45, 7) is 0. The van der Waals surface area contributed by atoms with E-state index in [4.69, 9.17) is 10.5 Å². The van der Waals surface area contributed by atoms with Crippen LogP contribution in [0.4, 0.5) is 11.4 Å². The van der Waals surface area contributed by atoms with Gasteiger partial charge in [-0.05, 0) is 47.0 Å². The zero-order chi connectivity index (χ0) is 22.6. The Bertz CT molecular complexity index is 1270. The average molecular weight is 494 g/mol. The van der Waals surface area contributed by atoms with Gasteiger partial charge < -0.3 is 15.8 Å². The lowest BCUT2D eigenvalue weighted by atomic mass is 9.63. The van der Waals surface area contributed by atoms with Crippen molar-refractivity contribution in [3.63, 3.8) is 0 Å². The summed E-state index contributed by atoms with van der Waals surface area (Å²) in [5, 5.41) is 2.86. The molecule has 0 radical (unpaired) electrons. The van der Waals surface area contributed by atoms with Crippen molar-refractivity contribution in [3.05, 3.63) is 81.2 Å². The van der Waals surface area contributed by atoms with E-state index in [2.05, 4.69) is 21.2 Å². The van der Waals surface area contributed by atoms with E-state index in [9.17, 15) is 14.4 Å². The minimum absolute atomic E-state index is 0.0489. The van der Waals surface area contributed by atoms with Gasteiger partial charge in [0.25, 0.3) is 0 Å². The third-order valence-corrected chi connectivity index (χ3v) is 6.98. The average Bonchev–Trinajstić information content (AvgIpc) is 3.07. The Balaban J connectivity index is 1.93. The number of ketones is 1. The van der Waals surface area contributed by atoms with Crippen LogP contribution in [0.15, 0.2) is 75.7 Å². The van der Waals surface area contributed by atoms with Crippen LogP contribution in [0.2, 0.25) is 0 Å². The van der Waals surface area contributed by atoms with Crippen LogP contribution in [-0.4, -0.2) is 24.8 Å². The standard InChI is InChI=1S/C24H20BrN3O4/c1-32-22(30)20-21(26)28(16-10-5-3-8-14(16)25)17-11-6-12-18(29)19(17)24(20)13-7-2-4-9-15(13)27-23(24)31/h2-5,7-10H,6,11-12,26H2,1H3,(H,27,31). The number of para-hydroxylation sites is 2. The van der Waals surface area contributed by atoms with E-state index >= 15 is 0 Å². The van der Waals surface area contributed by atoms with E-state index in [0.717, 1.165) is 4.47 Å². The number of benzene rings is 2. The lowest BCUT2D eigenvalue weighted by Gasteiger charge is -2.44. The summed E-state index contributed by atoms with van der Waals surface area (Å²) in [5.74, 6) is -1.33. The van der Waals surface area contributed by atoms with E-state index < -0.39 is 17.3 Å². The maximum atomic E-state index is 13.7. The number of esters is 1. The van der Waals surface area contributed by atoms with Crippen LogP contribution in [0.25, 0.3) is 0 Å². The van der Waals surface area contributed by atoms with Crippen molar-refractivity contribution >= 4 is 45.0 Å². The highest BCUT2D eigenvalue weighted by molar-refractivity contribution is 9.10. The molecule has 7 nitrogen and oxygen atoms in total. The van der Waals surface area contributed by atoms with Gasteiger partial charge in [0.1, 0.15) is 16.8 Å². The number of amides is 1. The first kappa shape index (κ1) is 20.5. The highest BCUT2D eigenvalue weighted by Crippen LogP contribution is 2.55. The third kappa shape index (κ3) is 2.56. The molecule has 3 N–H and O–H groups in total. The summed E-state index contributed by atoms with van der Waals surface area (Å²) < 4.78 is 5.85. The minimum Gasteiger partial charge on any atom is -0.466 e. The number of carbonyl (C=O) groups is 3. The molecule has 8 heteroatoms. The molecule has 2 aromatic carbocycles. The quantitative estimate of drug-likeness (QED) is 0.620. The lowest BCUT2D eigenvalue weighted by molar-refractivity contribution is -0.138. The number of nitrogens with zero attached hydrogens (tertiary/aromatic N) is 1. The fourth-order valence-corrected chi connectivity index (χ4v) is 5.53. The molecular weight excluding hydrogens is 474 g/mol. The summed E-state index contributed by atoms with van der Waals surface area (Å²) in [5.41, 5.74) is 7.65. The Morgan fingerprint density at radius 1 is 1.12 bits per heavy atom. The SMILES string of the molecule is COC(=O)C1=C(N)N(c2ccccc2Br)C2=C(C(=O)CCC2)C12C(=O)Nc1ccccc12. The topological polar surface area (TPSA) is 102 Å². The zero-order valence-electron chi connectivity index (χ0n) is 17.3. The first-order valence-corrected chi connectivity index (χ1v) is 11.0. The summed E-state index contributed by atoms with van der Waals surface area (Å²) in [4.78, 5) is 42.1. The summed E-state index contributed by atoms with van der Waals surface area (Å²) in [6, 6.07) is 14.5. The van der Waals surface area contributed by atoms with Crippen LogP contribution in [0, 0.1) is 0 Å². The summed E-state index contributed by atoms with van der Waals surface area (Å²) >= 11 is 3.55. The van der Waals surface area contributed by atoms with Crippen molar-refractivity contribution in [2.75, 3.05) is 17.3 Å². The highest BCUT2D eigenvalue weighted by Gasteiger charge is 2.61. The Labute approximate surface area is 193 Å². The number of hydrogen-bond donors (Lipinski definition) is 2. The van der Waals surface area contributed by atoms with Crippen molar-refractivity contribution in [2.24, 2.45) is 5.73 Å². The van der Waals surface area contributed by atoms with Crippen LogP contribution in [-0.2, 0) is 24.5 Å². The number of allylic oxidation sites excluding steroid dienone is 1. The Kier molecular flexibility index (Phi) is 4.70. The molecule has 2 aliphatic heterocycles. The Hall–Kier alpha value is -3.39. The number of halogens is 1. The number of fused-ring (bicyclic) bond motifs is 3. The number of carbonyl (C=O) groups excluding carboxylic acids is 3. The molecule has 0 fully saturated rings. The lowest BCUT2D eigenvalue weighted by Crippen LogP contribution is -2.53. The summed E-state index contributed by atoms with van der Waals surface area (Å²) in [6.07, 6.45) is 1.45. The van der Waals surface area contributed by atoms with Crippen LogP contribution in [0.5, 0.6) is 0 Å². The predicted octanol–water partition coefficient (Wildman–Crippen LogP) is 3.51. The third-order valence-electron chi connectivity index (χ3n) is 6.30. The Morgan fingerprint density at radius 3 is 2.59 bits per heavy atom. The van der Waals surface area contributed by atoms with Gasteiger partial charge in [0, 0.05) is 33.4 Å². The zero-order valence-corrected chi connectivity index (χ0v) is 18.9. The largest absolute Gasteiger partial charge is 0.466 e. The van der Waals surface area contributed by atoms with Crippen molar-refractivity contribution in [3.8, 4) is 0 Å². The number of Topliss-reactive ketones (excluding diaryl/α,β-unsaturated/α-hetero) is 1. The van der Waals surface area contributed by atoms with E-state index in [1.54, 1.807) is 29.2 Å². The molecule has 0 saturated carbocycles. The molecular formula is C24H20BrN3O4. The van der Waals surface area contributed by atoms with Gasteiger partial charge in [0.2, 0.25) is 5.91 Å². The number of rotatable bonds is 2. The number of nitrogens with two attached hydrogens (primary N) is 1. The molecule has 1 atom stereocenters. The van der Waals surface area contributed by atoms with Gasteiger partial charge >= 0.3 is 5.97 Å². The van der Waals surface area contributed by atoms with Gasteiger partial charge in [-0.15, -0.1) is 0 Å². The number of ether oxygens (including phenoxy) is 1. The predicted molar refractivity (Wildman–Crippen MR) is 122 cm³/mol. The number of anilines is 2. The van der Waals surface area contributed by atoms with Gasteiger partial charge in [0.05, 0.1) is 12.8 Å². The second-order valence-electron chi connectivity index (χ2n) is 7.89. The molecule has 3 aliphatic rings. The fourth-order valence-electron chi connectivity index (χ4n) is 5.07. The van der Waals surface area contributed by atoms with Gasteiger partial charge in [-0.1, -0.05) is 30.3 Å². The summed E-state index contributed by atoms with van der Waals surface area (Å²) in [7, 11) is 1.24. The van der Waals surface area contributed by atoms with Gasteiger partial charge in [-0.2, -0.15) is 0 Å². The van der Waals surface area contributed by atoms with Crippen molar-refractivity contribution in [1.29, 1.82) is 0 Å². The maximum absolute atomic E-state index is 13.7. The second-order valence-corrected chi connectivity index (χ2v) is 8.74. The number of hydrogen-bond acceptors (Lipinski definition) is 6. The normalized spacial score (nSPS) is 22.1. The van der Waals surface area contributed by atoms with Crippen LogP contribution in [0.3, 0.4) is 0 Å². The second kappa shape index (κ2) is 7.34. The van der Waals surface area contributed by atoms with Crippen LogP contribution < -0.4 is 16.0 Å². The molecule has 1 aliphatic carbocycles. The highest BCUT2D eigenvalue weighted by atomic mass is 79.9. The molecule has 5 rings (SSSR count). The fraction of sp³-hybridized carbons (Fsp3) is 0.208. The van der Waals surface area contributed by atoms with E-state index in [1.165, 1.54) is 7.11 Å². The molecule has 0 aromatic heterocycles. The molecule has 32 heavy (non-hydrogen) atoms. The minimum atomic E-state index is -1.65. The van der Waals surface area contributed by atoms with Crippen molar-refractivity contribution in [2.45, 2.75) is 24.7 Å². The maximum Gasteiger partial charge on any atom is 0.339 e. The monoisotopic (exact) mass is 493 g/mol. The molecule has 2 aromatic rings. The van der Waals surface area contributed by atoms with Crippen LogP contribution >= 0.6 is 15.9 Å². The van der Waals surface area contributed by atoms with Crippen molar-refractivity contribution in [1.82, 2.24) is 0 Å². The molecule has 2 heterocycles. The van der Waals surface area contributed by atoms with E-state index in [-0.39, 0.29) is 29.2 Å². The van der Waals surface area contributed by atoms with E-state index in [0.29, 0.717) is 35.5 Å². The molecule has 162 valence electrons.